The minimum atomic E-state index is -3.50. The van der Waals surface area contributed by atoms with E-state index < -0.39 is 10.0 Å². The number of hydrogen-bond acceptors (Lipinski definition) is 6. The van der Waals surface area contributed by atoms with Gasteiger partial charge in [-0.3, -0.25) is 5.43 Å². The highest BCUT2D eigenvalue weighted by atomic mass is 32.2. The van der Waals surface area contributed by atoms with E-state index in [-0.39, 0.29) is 4.90 Å². The Morgan fingerprint density at radius 2 is 1.86 bits per heavy atom. The van der Waals surface area contributed by atoms with Crippen molar-refractivity contribution in [3.8, 4) is 11.3 Å². The third-order valence-electron chi connectivity index (χ3n) is 4.15. The largest absolute Gasteiger partial charge is 0.253 e. The number of anilines is 1. The number of aromatic nitrogens is 1. The van der Waals surface area contributed by atoms with E-state index in [0.29, 0.717) is 23.9 Å². The van der Waals surface area contributed by atoms with E-state index in [0.717, 1.165) is 11.1 Å². The summed E-state index contributed by atoms with van der Waals surface area (Å²) in [5.74, 6) is 0. The van der Waals surface area contributed by atoms with Crippen LogP contribution in [-0.4, -0.2) is 37.0 Å². The molecule has 3 rings (SSSR count). The van der Waals surface area contributed by atoms with Gasteiger partial charge in [0.25, 0.3) is 0 Å². The quantitative estimate of drug-likeness (QED) is 0.441. The SMILES string of the molecule is CCN(CC)S(=O)(=O)c1cccc(-c2csc(N/N=C/c3ccccc3)n2)c1. The molecule has 3 aromatic rings. The van der Waals surface area contributed by atoms with Crippen LogP contribution in [0.2, 0.25) is 0 Å². The first-order chi connectivity index (χ1) is 13.5. The maximum Gasteiger partial charge on any atom is 0.243 e. The molecule has 1 aromatic heterocycles. The maximum absolute atomic E-state index is 12.7. The smallest absolute Gasteiger partial charge is 0.243 e. The average Bonchev–Trinajstić information content (AvgIpc) is 3.19. The van der Waals surface area contributed by atoms with Crippen LogP contribution < -0.4 is 5.43 Å². The van der Waals surface area contributed by atoms with Crippen LogP contribution in [0.1, 0.15) is 19.4 Å². The van der Waals surface area contributed by atoms with Crippen LogP contribution in [0.3, 0.4) is 0 Å². The topological polar surface area (TPSA) is 74.7 Å². The lowest BCUT2D eigenvalue weighted by molar-refractivity contribution is 0.445. The summed E-state index contributed by atoms with van der Waals surface area (Å²) in [7, 11) is -3.50. The zero-order valence-corrected chi connectivity index (χ0v) is 17.4. The molecule has 0 saturated carbocycles. The molecule has 6 nitrogen and oxygen atoms in total. The molecule has 146 valence electrons. The molecular weight excluding hydrogens is 392 g/mol. The van der Waals surface area contributed by atoms with Gasteiger partial charge in [-0.1, -0.05) is 56.3 Å². The van der Waals surface area contributed by atoms with Crippen molar-refractivity contribution in [3.63, 3.8) is 0 Å². The molecule has 0 aliphatic carbocycles. The minimum absolute atomic E-state index is 0.276. The van der Waals surface area contributed by atoms with E-state index >= 15 is 0 Å². The number of rotatable bonds is 8. The molecule has 8 heteroatoms. The van der Waals surface area contributed by atoms with E-state index in [9.17, 15) is 8.42 Å². The summed E-state index contributed by atoms with van der Waals surface area (Å²) < 4.78 is 26.9. The molecule has 1 heterocycles. The fraction of sp³-hybridized carbons (Fsp3) is 0.200. The van der Waals surface area contributed by atoms with Crippen LogP contribution in [0, 0.1) is 0 Å². The number of hydrogen-bond donors (Lipinski definition) is 1. The molecule has 0 aliphatic heterocycles. The molecule has 1 N–H and O–H groups in total. The molecule has 0 atom stereocenters. The summed E-state index contributed by atoms with van der Waals surface area (Å²) in [6, 6.07) is 16.6. The molecule has 0 bridgehead atoms. The lowest BCUT2D eigenvalue weighted by Crippen LogP contribution is -2.30. The third kappa shape index (κ3) is 4.64. The fourth-order valence-electron chi connectivity index (χ4n) is 2.69. The summed E-state index contributed by atoms with van der Waals surface area (Å²) in [6.45, 7) is 4.54. The summed E-state index contributed by atoms with van der Waals surface area (Å²) in [5.41, 5.74) is 5.36. The number of nitrogens with one attached hydrogen (secondary N) is 1. The molecule has 0 amide bonds. The summed E-state index contributed by atoms with van der Waals surface area (Å²) in [6.07, 6.45) is 1.72. The fourth-order valence-corrected chi connectivity index (χ4v) is 4.86. The van der Waals surface area contributed by atoms with Gasteiger partial charge >= 0.3 is 0 Å². The van der Waals surface area contributed by atoms with Gasteiger partial charge in [0.15, 0.2) is 0 Å². The minimum Gasteiger partial charge on any atom is -0.253 e. The second-order valence-corrected chi connectivity index (χ2v) is 8.73. The first-order valence-electron chi connectivity index (χ1n) is 8.94. The summed E-state index contributed by atoms with van der Waals surface area (Å²) in [5, 5.41) is 6.71. The monoisotopic (exact) mass is 414 g/mol. The second kappa shape index (κ2) is 9.09. The van der Waals surface area contributed by atoms with Crippen molar-refractivity contribution in [1.82, 2.24) is 9.29 Å². The standard InChI is InChI=1S/C20H22N4O2S2/c1-3-24(4-2)28(25,26)18-12-8-11-17(13-18)19-15-27-20(22-19)23-21-14-16-9-6-5-7-10-16/h5-15H,3-4H2,1-2H3,(H,22,23)/b21-14+. The van der Waals surface area contributed by atoms with Crippen LogP contribution in [0.15, 0.2) is 70.0 Å². The molecule has 0 spiro atoms. The number of benzene rings is 2. The van der Waals surface area contributed by atoms with E-state index in [1.807, 2.05) is 55.6 Å². The Bertz CT molecular complexity index is 1040. The van der Waals surface area contributed by atoms with Crippen molar-refractivity contribution >= 4 is 32.7 Å². The van der Waals surface area contributed by atoms with Gasteiger partial charge in [-0.2, -0.15) is 9.41 Å². The van der Waals surface area contributed by atoms with Crippen molar-refractivity contribution in [1.29, 1.82) is 0 Å². The number of nitrogens with zero attached hydrogens (tertiary/aromatic N) is 3. The Hall–Kier alpha value is -2.55. The number of thiazole rings is 1. The van der Waals surface area contributed by atoms with Gasteiger partial charge in [-0.25, -0.2) is 13.4 Å². The highest BCUT2D eigenvalue weighted by Crippen LogP contribution is 2.27. The molecule has 2 aromatic carbocycles. The summed E-state index contributed by atoms with van der Waals surface area (Å²) in [4.78, 5) is 4.78. The first kappa shape index (κ1) is 20.2. The zero-order valence-electron chi connectivity index (χ0n) is 15.7. The van der Waals surface area contributed by atoms with E-state index in [4.69, 9.17) is 0 Å². The van der Waals surface area contributed by atoms with Gasteiger partial charge in [0.05, 0.1) is 16.8 Å². The Balaban J connectivity index is 1.77. The van der Waals surface area contributed by atoms with Crippen LogP contribution in [0.5, 0.6) is 0 Å². The number of hydrazone groups is 1. The highest BCUT2D eigenvalue weighted by molar-refractivity contribution is 7.89. The van der Waals surface area contributed by atoms with Crippen molar-refractivity contribution < 1.29 is 8.42 Å². The van der Waals surface area contributed by atoms with Gasteiger partial charge < -0.3 is 0 Å². The van der Waals surface area contributed by atoms with Gasteiger partial charge in [-0.15, -0.1) is 11.3 Å². The van der Waals surface area contributed by atoms with Crippen LogP contribution in [-0.2, 0) is 10.0 Å². The summed E-state index contributed by atoms with van der Waals surface area (Å²) >= 11 is 1.41. The lowest BCUT2D eigenvalue weighted by Gasteiger charge is -2.18. The third-order valence-corrected chi connectivity index (χ3v) is 6.94. The molecule has 0 aliphatic rings. The van der Waals surface area contributed by atoms with E-state index in [2.05, 4.69) is 15.5 Å². The first-order valence-corrected chi connectivity index (χ1v) is 11.3. The van der Waals surface area contributed by atoms with Crippen LogP contribution in [0.4, 0.5) is 5.13 Å². The van der Waals surface area contributed by atoms with Gasteiger partial charge in [0, 0.05) is 24.0 Å². The zero-order chi connectivity index (χ0) is 20.0. The second-order valence-electron chi connectivity index (χ2n) is 5.94. The van der Waals surface area contributed by atoms with Crippen molar-refractivity contribution in [2.45, 2.75) is 18.7 Å². The normalized spacial score (nSPS) is 12.0. The average molecular weight is 415 g/mol. The predicted octanol–water partition coefficient (Wildman–Crippen LogP) is 4.29. The Morgan fingerprint density at radius 3 is 2.57 bits per heavy atom. The molecule has 0 fully saturated rings. The van der Waals surface area contributed by atoms with Gasteiger partial charge in [0.2, 0.25) is 15.2 Å². The molecule has 28 heavy (non-hydrogen) atoms. The molecular formula is C20H22N4O2S2. The predicted molar refractivity (Wildman–Crippen MR) is 115 cm³/mol. The van der Waals surface area contributed by atoms with Gasteiger partial charge in [-0.05, 0) is 17.7 Å². The van der Waals surface area contributed by atoms with E-state index in [1.165, 1.54) is 15.6 Å². The highest BCUT2D eigenvalue weighted by Gasteiger charge is 2.22. The Morgan fingerprint density at radius 1 is 1.11 bits per heavy atom. The van der Waals surface area contributed by atoms with Crippen molar-refractivity contribution in [3.05, 3.63) is 65.5 Å². The Labute approximate surface area is 169 Å². The molecule has 0 radical (unpaired) electrons. The lowest BCUT2D eigenvalue weighted by atomic mass is 10.2. The number of sulfonamides is 1. The van der Waals surface area contributed by atoms with Crippen molar-refractivity contribution in [2.75, 3.05) is 18.5 Å². The van der Waals surface area contributed by atoms with Gasteiger partial charge in [0.1, 0.15) is 0 Å². The molecule has 0 unspecified atom stereocenters. The van der Waals surface area contributed by atoms with Crippen LogP contribution in [0.25, 0.3) is 11.3 Å². The maximum atomic E-state index is 12.7. The van der Waals surface area contributed by atoms with E-state index in [1.54, 1.807) is 24.4 Å². The Kier molecular flexibility index (Phi) is 6.56. The van der Waals surface area contributed by atoms with Crippen molar-refractivity contribution in [2.24, 2.45) is 5.10 Å². The van der Waals surface area contributed by atoms with Crippen LogP contribution >= 0.6 is 11.3 Å². The molecule has 0 saturated heterocycles.